The van der Waals surface area contributed by atoms with Crippen LogP contribution in [0.3, 0.4) is 0 Å². The lowest BCUT2D eigenvalue weighted by molar-refractivity contribution is -0.125. The standard InChI is InChI=1S/C28H36N2O3.ClH/c1-9-32-21-14-18-15-26(2,3)30-23(22(18)20-16-27(4,5)33-24(20)21)17-10-12-19(13-11-17)28(6,7)25(31)29-8;/h10-14H,9,15-16H2,1-8H3,(H,29,31);1H. The Balaban J connectivity index is 0.00000324. The van der Waals surface area contributed by atoms with Crippen molar-refractivity contribution in [1.82, 2.24) is 5.32 Å². The van der Waals surface area contributed by atoms with Crippen molar-refractivity contribution in [2.24, 2.45) is 4.99 Å². The molecule has 1 N–H and O–H groups in total. The van der Waals surface area contributed by atoms with Crippen molar-refractivity contribution < 1.29 is 14.3 Å². The highest BCUT2D eigenvalue weighted by molar-refractivity contribution is 6.16. The van der Waals surface area contributed by atoms with Gasteiger partial charge in [0, 0.05) is 30.2 Å². The number of fused-ring (bicyclic) bond motifs is 3. The number of aliphatic imine (C=N–C) groups is 1. The second-order valence-corrected chi connectivity index (χ2v) is 10.9. The molecule has 0 aromatic heterocycles. The van der Waals surface area contributed by atoms with E-state index in [1.807, 2.05) is 32.9 Å². The van der Waals surface area contributed by atoms with E-state index in [2.05, 4.69) is 51.2 Å². The Morgan fingerprint density at radius 1 is 1.15 bits per heavy atom. The summed E-state index contributed by atoms with van der Waals surface area (Å²) in [4.78, 5) is 17.6. The summed E-state index contributed by atoms with van der Waals surface area (Å²) >= 11 is 0. The lowest BCUT2D eigenvalue weighted by atomic mass is 9.79. The van der Waals surface area contributed by atoms with Gasteiger partial charge in [-0.25, -0.2) is 0 Å². The Bertz CT molecular complexity index is 1130. The number of hydrogen-bond acceptors (Lipinski definition) is 4. The van der Waals surface area contributed by atoms with Crippen LogP contribution in [-0.4, -0.2) is 36.4 Å². The highest BCUT2D eigenvalue weighted by Crippen LogP contribution is 2.48. The second kappa shape index (κ2) is 8.92. The van der Waals surface area contributed by atoms with Crippen molar-refractivity contribution in [3.8, 4) is 11.5 Å². The lowest BCUT2D eigenvalue weighted by Gasteiger charge is -2.31. The average molecular weight is 485 g/mol. The molecule has 0 atom stereocenters. The van der Waals surface area contributed by atoms with Gasteiger partial charge in [0.25, 0.3) is 0 Å². The number of carbonyl (C=O) groups is 1. The number of amides is 1. The van der Waals surface area contributed by atoms with Gasteiger partial charge in [-0.15, -0.1) is 12.4 Å². The van der Waals surface area contributed by atoms with E-state index in [0.29, 0.717) is 6.61 Å². The first-order valence-corrected chi connectivity index (χ1v) is 11.8. The predicted molar refractivity (Wildman–Crippen MR) is 140 cm³/mol. The van der Waals surface area contributed by atoms with E-state index in [-0.39, 0.29) is 29.5 Å². The molecule has 0 radical (unpaired) electrons. The van der Waals surface area contributed by atoms with Gasteiger partial charge >= 0.3 is 0 Å². The molecule has 5 nitrogen and oxygen atoms in total. The predicted octanol–water partition coefficient (Wildman–Crippen LogP) is 5.42. The van der Waals surface area contributed by atoms with Crippen LogP contribution in [0.1, 0.15) is 76.3 Å². The minimum absolute atomic E-state index is 0. The normalized spacial score (nSPS) is 17.5. The summed E-state index contributed by atoms with van der Waals surface area (Å²) in [6.07, 6.45) is 1.66. The monoisotopic (exact) mass is 484 g/mol. The fourth-order valence-corrected chi connectivity index (χ4v) is 5.03. The first-order valence-electron chi connectivity index (χ1n) is 11.8. The number of benzene rings is 2. The summed E-state index contributed by atoms with van der Waals surface area (Å²) in [5.74, 6) is 1.68. The van der Waals surface area contributed by atoms with Gasteiger partial charge < -0.3 is 14.8 Å². The zero-order valence-electron chi connectivity index (χ0n) is 21.6. The molecule has 2 heterocycles. The Labute approximate surface area is 209 Å². The number of nitrogens with zero attached hydrogens (tertiary/aromatic N) is 1. The van der Waals surface area contributed by atoms with Crippen LogP contribution in [0.4, 0.5) is 0 Å². The third-order valence-electron chi connectivity index (χ3n) is 6.66. The van der Waals surface area contributed by atoms with Gasteiger partial charge in [0.1, 0.15) is 5.60 Å². The van der Waals surface area contributed by atoms with Crippen molar-refractivity contribution >= 4 is 24.0 Å². The third kappa shape index (κ3) is 4.55. The summed E-state index contributed by atoms with van der Waals surface area (Å²) in [5, 5.41) is 2.77. The van der Waals surface area contributed by atoms with Crippen LogP contribution >= 0.6 is 12.4 Å². The third-order valence-corrected chi connectivity index (χ3v) is 6.66. The molecule has 2 aromatic rings. The molecule has 0 spiro atoms. The first-order chi connectivity index (χ1) is 15.4. The summed E-state index contributed by atoms with van der Waals surface area (Å²) in [7, 11) is 1.68. The van der Waals surface area contributed by atoms with E-state index >= 15 is 0 Å². The lowest BCUT2D eigenvalue weighted by Crippen LogP contribution is -2.38. The van der Waals surface area contributed by atoms with Gasteiger partial charge in [-0.2, -0.15) is 0 Å². The van der Waals surface area contributed by atoms with Gasteiger partial charge in [-0.3, -0.25) is 9.79 Å². The zero-order valence-corrected chi connectivity index (χ0v) is 22.4. The van der Waals surface area contributed by atoms with Crippen molar-refractivity contribution in [3.63, 3.8) is 0 Å². The Morgan fingerprint density at radius 3 is 2.38 bits per heavy atom. The van der Waals surface area contributed by atoms with Crippen LogP contribution in [0.5, 0.6) is 11.5 Å². The van der Waals surface area contributed by atoms with Crippen molar-refractivity contribution in [2.75, 3.05) is 13.7 Å². The molecular weight excluding hydrogens is 448 g/mol. The largest absolute Gasteiger partial charge is 0.490 e. The van der Waals surface area contributed by atoms with Gasteiger partial charge in [-0.05, 0) is 72.1 Å². The van der Waals surface area contributed by atoms with E-state index in [1.54, 1.807) is 7.05 Å². The summed E-state index contributed by atoms with van der Waals surface area (Å²) < 4.78 is 12.4. The molecule has 2 aromatic carbocycles. The Hall–Kier alpha value is -2.53. The first kappa shape index (κ1) is 26.1. The molecule has 4 rings (SSSR count). The maximum absolute atomic E-state index is 12.4. The molecule has 6 heteroatoms. The van der Waals surface area contributed by atoms with Crippen LogP contribution in [0.25, 0.3) is 0 Å². The maximum atomic E-state index is 12.4. The van der Waals surface area contributed by atoms with Crippen LogP contribution in [0, 0.1) is 0 Å². The molecule has 2 aliphatic rings. The number of halogens is 1. The summed E-state index contributed by atoms with van der Waals surface area (Å²) in [6.45, 7) is 15.1. The fourth-order valence-electron chi connectivity index (χ4n) is 5.03. The number of nitrogens with one attached hydrogen (secondary N) is 1. The highest BCUT2D eigenvalue weighted by atomic mass is 35.5. The fraction of sp³-hybridized carbons (Fsp3) is 0.500. The van der Waals surface area contributed by atoms with E-state index in [0.717, 1.165) is 41.2 Å². The topological polar surface area (TPSA) is 59.9 Å². The summed E-state index contributed by atoms with van der Waals surface area (Å²) in [5.41, 5.74) is 5.51. The molecule has 2 aliphatic heterocycles. The van der Waals surface area contributed by atoms with Gasteiger partial charge in [-0.1, -0.05) is 24.3 Å². The molecule has 0 saturated carbocycles. The van der Waals surface area contributed by atoms with Crippen LogP contribution in [0.2, 0.25) is 0 Å². The molecular formula is C28H37ClN2O3. The molecule has 0 saturated heterocycles. The Morgan fingerprint density at radius 2 is 1.79 bits per heavy atom. The van der Waals surface area contributed by atoms with E-state index in [4.69, 9.17) is 14.5 Å². The van der Waals surface area contributed by atoms with E-state index in [1.165, 1.54) is 16.7 Å². The van der Waals surface area contributed by atoms with Gasteiger partial charge in [0.05, 0.1) is 23.3 Å². The van der Waals surface area contributed by atoms with E-state index < -0.39 is 5.41 Å². The number of hydrogen-bond donors (Lipinski definition) is 1. The van der Waals surface area contributed by atoms with Gasteiger partial charge in [0.2, 0.25) is 5.91 Å². The number of likely N-dealkylation sites (N-methyl/N-ethyl adjacent to an activating group) is 1. The molecule has 0 fully saturated rings. The smallest absolute Gasteiger partial charge is 0.229 e. The quantitative estimate of drug-likeness (QED) is 0.616. The van der Waals surface area contributed by atoms with Crippen molar-refractivity contribution in [2.45, 2.75) is 77.9 Å². The molecule has 0 aliphatic carbocycles. The molecule has 0 bridgehead atoms. The Kier molecular flexibility index (Phi) is 6.84. The SMILES string of the molecule is CCOc1cc2c(c3c1OC(C)(C)C3)C(c1ccc(C(C)(C)C(=O)NC)cc1)=NC(C)(C)C2.Cl. The number of carbonyl (C=O) groups excluding carboxylic acids is 1. The molecule has 184 valence electrons. The second-order valence-electron chi connectivity index (χ2n) is 10.9. The van der Waals surface area contributed by atoms with Crippen LogP contribution in [-0.2, 0) is 23.1 Å². The highest BCUT2D eigenvalue weighted by Gasteiger charge is 2.40. The summed E-state index contributed by atoms with van der Waals surface area (Å²) in [6, 6.07) is 10.4. The average Bonchev–Trinajstić information content (AvgIpc) is 3.07. The molecule has 1 amide bonds. The van der Waals surface area contributed by atoms with Gasteiger partial charge in [0.15, 0.2) is 11.5 Å². The van der Waals surface area contributed by atoms with E-state index in [9.17, 15) is 4.79 Å². The van der Waals surface area contributed by atoms with Crippen LogP contribution < -0.4 is 14.8 Å². The zero-order chi connectivity index (χ0) is 24.2. The maximum Gasteiger partial charge on any atom is 0.229 e. The molecule has 34 heavy (non-hydrogen) atoms. The van der Waals surface area contributed by atoms with Crippen molar-refractivity contribution in [1.29, 1.82) is 0 Å². The minimum Gasteiger partial charge on any atom is -0.490 e. The number of ether oxygens (including phenoxy) is 2. The molecule has 0 unspecified atom stereocenters. The van der Waals surface area contributed by atoms with Crippen molar-refractivity contribution in [3.05, 3.63) is 58.1 Å². The minimum atomic E-state index is -0.607. The van der Waals surface area contributed by atoms with Crippen LogP contribution in [0.15, 0.2) is 35.3 Å². The number of rotatable bonds is 5.